The third-order valence-corrected chi connectivity index (χ3v) is 1.90. The zero-order valence-electron chi connectivity index (χ0n) is 7.20. The lowest BCUT2D eigenvalue weighted by Gasteiger charge is -2.12. The van der Waals surface area contributed by atoms with Gasteiger partial charge >= 0.3 is 0 Å². The van der Waals surface area contributed by atoms with Crippen molar-refractivity contribution in [2.75, 3.05) is 0 Å². The van der Waals surface area contributed by atoms with Crippen molar-refractivity contribution in [3.63, 3.8) is 0 Å². The van der Waals surface area contributed by atoms with E-state index in [1.807, 2.05) is 25.1 Å². The zero-order valence-corrected chi connectivity index (χ0v) is 7.20. The van der Waals surface area contributed by atoms with Gasteiger partial charge in [0.1, 0.15) is 0 Å². The van der Waals surface area contributed by atoms with Crippen molar-refractivity contribution in [1.29, 1.82) is 0 Å². The number of carboxylic acid groups (broad SMARTS) is 1. The molecule has 2 nitrogen and oxygen atoms in total. The number of hydrogen-bond donors (Lipinski definition) is 0. The van der Waals surface area contributed by atoms with E-state index in [2.05, 4.69) is 0 Å². The molecule has 0 amide bonds. The molecule has 0 saturated carbocycles. The summed E-state index contributed by atoms with van der Waals surface area (Å²) >= 11 is 0. The van der Waals surface area contributed by atoms with Crippen molar-refractivity contribution in [2.45, 2.75) is 19.8 Å². The zero-order chi connectivity index (χ0) is 9.14. The van der Waals surface area contributed by atoms with Gasteiger partial charge in [0.05, 0.1) is 0 Å². The highest BCUT2D eigenvalue weighted by molar-refractivity contribution is 5.73. The molecule has 0 bridgehead atoms. The maximum Gasteiger partial charge on any atom is 0.0486 e. The molecule has 1 rings (SSSR count). The maximum absolute atomic E-state index is 10.5. The molecule has 0 fully saturated rings. The Morgan fingerprint density at radius 2 is 2.17 bits per heavy atom. The van der Waals surface area contributed by atoms with E-state index >= 15 is 0 Å². The molecule has 12 heavy (non-hydrogen) atoms. The summed E-state index contributed by atoms with van der Waals surface area (Å²) in [4.78, 5) is 10.5. The normalized spacial score (nSPS) is 12.5. The molecule has 1 aromatic rings. The van der Waals surface area contributed by atoms with Gasteiger partial charge in [-0.25, -0.2) is 0 Å². The monoisotopic (exact) mass is 163 g/mol. The van der Waals surface area contributed by atoms with E-state index in [4.69, 9.17) is 0 Å². The van der Waals surface area contributed by atoms with Crippen LogP contribution in [0.4, 0.5) is 0 Å². The first-order valence-electron chi connectivity index (χ1n) is 3.88. The summed E-state index contributed by atoms with van der Waals surface area (Å²) in [6, 6.07) is 7.45. The van der Waals surface area contributed by atoms with Gasteiger partial charge in [0, 0.05) is 11.9 Å². The first-order valence-corrected chi connectivity index (χ1v) is 3.88. The Morgan fingerprint density at radius 1 is 1.50 bits per heavy atom. The molecule has 0 heterocycles. The van der Waals surface area contributed by atoms with Gasteiger partial charge in [-0.3, -0.25) is 0 Å². The number of aliphatic carboxylic acids is 1. The van der Waals surface area contributed by atoms with E-state index < -0.39 is 11.9 Å². The van der Waals surface area contributed by atoms with Gasteiger partial charge < -0.3 is 9.90 Å². The molecular formula is C10H11O2-. The minimum atomic E-state index is -1.03. The first kappa shape index (κ1) is 8.78. The lowest BCUT2D eigenvalue weighted by Crippen LogP contribution is -2.27. The number of carbonyl (C=O) groups excluding carboxylic acids is 1. The van der Waals surface area contributed by atoms with E-state index in [0.29, 0.717) is 0 Å². The molecule has 0 aliphatic carbocycles. The second-order valence-electron chi connectivity index (χ2n) is 2.95. The molecule has 0 saturated heterocycles. The van der Waals surface area contributed by atoms with Crippen LogP contribution in [0.2, 0.25) is 0 Å². The summed E-state index contributed by atoms with van der Waals surface area (Å²) in [6.07, 6.45) is 0. The van der Waals surface area contributed by atoms with Gasteiger partial charge in [-0.05, 0) is 12.5 Å². The van der Waals surface area contributed by atoms with E-state index in [1.54, 1.807) is 13.0 Å². The summed E-state index contributed by atoms with van der Waals surface area (Å²) < 4.78 is 0. The van der Waals surface area contributed by atoms with Crippen LogP contribution in [0.15, 0.2) is 24.3 Å². The van der Waals surface area contributed by atoms with Crippen LogP contribution < -0.4 is 5.11 Å². The van der Waals surface area contributed by atoms with Crippen molar-refractivity contribution in [2.24, 2.45) is 0 Å². The number of rotatable bonds is 2. The predicted octanol–water partition coefficient (Wildman–Crippen LogP) is 0.848. The highest BCUT2D eigenvalue weighted by Gasteiger charge is 2.04. The van der Waals surface area contributed by atoms with Crippen LogP contribution in [0, 0.1) is 6.92 Å². The minimum Gasteiger partial charge on any atom is -0.550 e. The quantitative estimate of drug-likeness (QED) is 0.648. The second kappa shape index (κ2) is 3.39. The molecule has 1 aromatic carbocycles. The Bertz CT molecular complexity index is 292. The number of hydrogen-bond acceptors (Lipinski definition) is 2. The molecule has 0 aliphatic heterocycles. The van der Waals surface area contributed by atoms with Crippen LogP contribution in [0.5, 0.6) is 0 Å². The van der Waals surface area contributed by atoms with Gasteiger partial charge in [0.15, 0.2) is 0 Å². The summed E-state index contributed by atoms with van der Waals surface area (Å²) in [7, 11) is 0. The summed E-state index contributed by atoms with van der Waals surface area (Å²) in [5, 5.41) is 10.5. The number of aryl methyl sites for hydroxylation is 1. The fourth-order valence-electron chi connectivity index (χ4n) is 1.08. The highest BCUT2D eigenvalue weighted by Crippen LogP contribution is 2.14. The molecule has 1 atom stereocenters. The van der Waals surface area contributed by atoms with Crippen LogP contribution in [-0.2, 0) is 4.79 Å². The molecule has 0 radical (unpaired) electrons. The van der Waals surface area contributed by atoms with Crippen LogP contribution >= 0.6 is 0 Å². The Balaban J connectivity index is 2.95. The Morgan fingerprint density at radius 3 is 2.67 bits per heavy atom. The van der Waals surface area contributed by atoms with Crippen molar-refractivity contribution in [3.8, 4) is 0 Å². The molecule has 64 valence electrons. The van der Waals surface area contributed by atoms with E-state index in [9.17, 15) is 9.90 Å². The van der Waals surface area contributed by atoms with Gasteiger partial charge in [-0.2, -0.15) is 0 Å². The van der Waals surface area contributed by atoms with Gasteiger partial charge in [-0.15, -0.1) is 0 Å². The smallest absolute Gasteiger partial charge is 0.0486 e. The minimum absolute atomic E-state index is 0.523. The van der Waals surface area contributed by atoms with Crippen LogP contribution in [0.1, 0.15) is 24.0 Å². The Labute approximate surface area is 71.8 Å². The van der Waals surface area contributed by atoms with E-state index in [1.165, 1.54) is 0 Å². The largest absolute Gasteiger partial charge is 0.550 e. The second-order valence-corrected chi connectivity index (χ2v) is 2.95. The van der Waals surface area contributed by atoms with E-state index in [0.717, 1.165) is 11.1 Å². The number of carbonyl (C=O) groups is 1. The lowest BCUT2D eigenvalue weighted by molar-refractivity contribution is -0.307. The van der Waals surface area contributed by atoms with Crippen LogP contribution in [0.25, 0.3) is 0 Å². The van der Waals surface area contributed by atoms with Crippen LogP contribution in [-0.4, -0.2) is 5.97 Å². The fraction of sp³-hybridized carbons (Fsp3) is 0.300. The number of benzene rings is 1. The third-order valence-electron chi connectivity index (χ3n) is 1.90. The predicted molar refractivity (Wildman–Crippen MR) is 44.6 cm³/mol. The van der Waals surface area contributed by atoms with Gasteiger partial charge in [0.25, 0.3) is 0 Å². The number of carboxylic acids is 1. The van der Waals surface area contributed by atoms with Crippen molar-refractivity contribution < 1.29 is 9.90 Å². The Hall–Kier alpha value is -1.31. The average molecular weight is 163 g/mol. The van der Waals surface area contributed by atoms with Crippen LogP contribution in [0.3, 0.4) is 0 Å². The molecular weight excluding hydrogens is 152 g/mol. The van der Waals surface area contributed by atoms with Crippen molar-refractivity contribution in [3.05, 3.63) is 35.4 Å². The van der Waals surface area contributed by atoms with Gasteiger partial charge in [0.2, 0.25) is 0 Å². The molecule has 0 unspecified atom stereocenters. The summed E-state index contributed by atoms with van der Waals surface area (Å²) in [5.41, 5.74) is 1.87. The third kappa shape index (κ3) is 1.84. The summed E-state index contributed by atoms with van der Waals surface area (Å²) in [6.45, 7) is 3.57. The van der Waals surface area contributed by atoms with Gasteiger partial charge in [-0.1, -0.05) is 36.8 Å². The molecule has 0 aliphatic rings. The van der Waals surface area contributed by atoms with Crippen molar-refractivity contribution in [1.82, 2.24) is 0 Å². The average Bonchev–Trinajstić information content (AvgIpc) is 2.03. The maximum atomic E-state index is 10.5. The standard InChI is InChI=1S/C10H12O2/c1-7-4-3-5-9(6-7)8(2)10(11)12/h3-6,8H,1-2H3,(H,11,12)/p-1/t8-/m1/s1. The molecule has 2 heteroatoms. The highest BCUT2D eigenvalue weighted by atomic mass is 16.4. The Kier molecular flexibility index (Phi) is 2.48. The van der Waals surface area contributed by atoms with Crippen molar-refractivity contribution >= 4 is 5.97 Å². The lowest BCUT2D eigenvalue weighted by atomic mass is 10.00. The molecule has 0 spiro atoms. The topological polar surface area (TPSA) is 40.1 Å². The first-order chi connectivity index (χ1) is 5.61. The molecule has 0 N–H and O–H groups in total. The summed E-state index contributed by atoms with van der Waals surface area (Å²) in [5.74, 6) is -1.55. The SMILES string of the molecule is Cc1cccc([C@@H](C)C(=O)[O-])c1. The molecule has 0 aromatic heterocycles. The fourth-order valence-corrected chi connectivity index (χ4v) is 1.08. The van der Waals surface area contributed by atoms with E-state index in [-0.39, 0.29) is 0 Å².